The van der Waals surface area contributed by atoms with Crippen LogP contribution in [-0.2, 0) is 17.4 Å². The molecule has 0 saturated heterocycles. The van der Waals surface area contributed by atoms with Gasteiger partial charge in [0.1, 0.15) is 11.5 Å². The first kappa shape index (κ1) is 27.3. The van der Waals surface area contributed by atoms with Crippen LogP contribution in [0.3, 0.4) is 0 Å². The molecule has 1 unspecified atom stereocenters. The van der Waals surface area contributed by atoms with E-state index in [1.54, 1.807) is 12.4 Å². The summed E-state index contributed by atoms with van der Waals surface area (Å²) in [5.74, 6) is 0.593. The van der Waals surface area contributed by atoms with E-state index >= 15 is 0 Å². The van der Waals surface area contributed by atoms with Gasteiger partial charge in [-0.3, -0.25) is 14.9 Å². The van der Waals surface area contributed by atoms with E-state index in [4.69, 9.17) is 21.0 Å². The van der Waals surface area contributed by atoms with Crippen LogP contribution >= 0.6 is 0 Å². The minimum atomic E-state index is 0. The predicted molar refractivity (Wildman–Crippen MR) is 126 cm³/mol. The van der Waals surface area contributed by atoms with Gasteiger partial charge in [0.2, 0.25) is 0 Å². The molecule has 1 saturated carbocycles. The molecule has 0 heterocycles. The molecule has 0 spiro atoms. The molecule has 2 atom stereocenters. The van der Waals surface area contributed by atoms with Gasteiger partial charge in [-0.15, -0.1) is 0 Å². The molecule has 2 aromatic carbocycles. The second kappa shape index (κ2) is 12.9. The number of hydrogen-bond acceptors (Lipinski definition) is 4. The van der Waals surface area contributed by atoms with Gasteiger partial charge in [-0.2, -0.15) is 0 Å². The third kappa shape index (κ3) is 7.42. The van der Waals surface area contributed by atoms with Gasteiger partial charge in [-0.1, -0.05) is 25.0 Å². The molecule has 8 heteroatoms. The normalized spacial score (nSPS) is 18.0. The van der Waals surface area contributed by atoms with E-state index in [-0.39, 0.29) is 29.4 Å². The number of aryl methyl sites for hydroxylation is 4. The second-order valence-corrected chi connectivity index (χ2v) is 8.10. The minimum absolute atomic E-state index is 0. The number of rotatable bonds is 4. The maximum atomic E-state index is 10.3. The van der Waals surface area contributed by atoms with Crippen molar-refractivity contribution in [3.8, 4) is 11.5 Å². The van der Waals surface area contributed by atoms with E-state index in [1.807, 2.05) is 52.0 Å². The summed E-state index contributed by atoms with van der Waals surface area (Å²) < 4.78 is 0. The van der Waals surface area contributed by atoms with Crippen molar-refractivity contribution in [3.05, 3.63) is 73.6 Å². The first-order chi connectivity index (χ1) is 14.8. The molecule has 32 heavy (non-hydrogen) atoms. The number of phenolic OH excluding ortho intramolecular Hbond substituents is 2. The Kier molecular flexibility index (Phi) is 11.0. The number of aliphatic imine (C=N–C) groups is 2. The zero-order chi connectivity index (χ0) is 23.0. The molecule has 0 aliphatic heterocycles. The third-order valence-electron chi connectivity index (χ3n) is 5.45. The number of hydrogen-bond donors (Lipinski definition) is 2. The molecule has 0 aromatic heterocycles. The first-order valence-electron chi connectivity index (χ1n) is 10.4. The van der Waals surface area contributed by atoms with Gasteiger partial charge in [0.15, 0.2) is 0 Å². The molecule has 1 aliphatic carbocycles. The molecule has 170 valence electrons. The summed E-state index contributed by atoms with van der Waals surface area (Å²) in [5.41, 5.74) is 19.0. The van der Waals surface area contributed by atoms with Gasteiger partial charge >= 0.3 is 0 Å². The van der Waals surface area contributed by atoms with E-state index in [9.17, 15) is 10.2 Å². The van der Waals surface area contributed by atoms with E-state index in [2.05, 4.69) is 0 Å². The second-order valence-electron chi connectivity index (χ2n) is 8.10. The molecule has 2 N–H and O–H groups in total. The Labute approximate surface area is 200 Å². The Morgan fingerprint density at radius 1 is 0.781 bits per heavy atom. The molecular formula is C24H30CrN5O2-. The molecule has 3 rings (SSSR count). The SMILES string of the molecule is Cc1cc(C)c(O)c(C=NC2CCCC[C@H]2N=Cc2cc(C)cc(C)c2O)c1.[Cr].[N-]=[N+]=[N-]. The van der Waals surface area contributed by atoms with Crippen LogP contribution < -0.4 is 0 Å². The maximum absolute atomic E-state index is 10.3. The van der Waals surface area contributed by atoms with Crippen LogP contribution in [0.1, 0.15) is 59.1 Å². The molecule has 0 radical (unpaired) electrons. The van der Waals surface area contributed by atoms with Crippen molar-refractivity contribution in [1.29, 1.82) is 0 Å². The van der Waals surface area contributed by atoms with Crippen molar-refractivity contribution in [2.45, 2.75) is 65.5 Å². The zero-order valence-electron chi connectivity index (χ0n) is 19.0. The van der Waals surface area contributed by atoms with Crippen LogP contribution in [-0.4, -0.2) is 34.7 Å². The van der Waals surface area contributed by atoms with Crippen LogP contribution in [0.5, 0.6) is 11.5 Å². The summed E-state index contributed by atoms with van der Waals surface area (Å²) in [7, 11) is 0. The smallest absolute Gasteiger partial charge is 0.127 e. The fourth-order valence-corrected chi connectivity index (χ4v) is 3.97. The Morgan fingerprint density at radius 2 is 1.12 bits per heavy atom. The van der Waals surface area contributed by atoms with E-state index in [1.165, 1.54) is 4.91 Å². The van der Waals surface area contributed by atoms with Crippen molar-refractivity contribution in [3.63, 3.8) is 0 Å². The fraction of sp³-hybridized carbons (Fsp3) is 0.417. The largest absolute Gasteiger partial charge is 0.507 e. The van der Waals surface area contributed by atoms with Gasteiger partial charge < -0.3 is 21.3 Å². The van der Waals surface area contributed by atoms with E-state index in [0.29, 0.717) is 11.5 Å². The average molecular weight is 473 g/mol. The molecular weight excluding hydrogens is 442 g/mol. The Hall–Kier alpha value is -2.78. The van der Waals surface area contributed by atoms with Crippen molar-refractivity contribution >= 4 is 12.4 Å². The summed E-state index contributed by atoms with van der Waals surface area (Å²) in [5, 5.41) is 20.6. The molecule has 0 amide bonds. The minimum Gasteiger partial charge on any atom is -0.507 e. The number of phenols is 2. The fourth-order valence-electron chi connectivity index (χ4n) is 3.97. The summed E-state index contributed by atoms with van der Waals surface area (Å²) in [4.78, 5) is 11.1. The average Bonchev–Trinajstić information content (AvgIpc) is 2.72. The van der Waals surface area contributed by atoms with Crippen molar-refractivity contribution in [2.75, 3.05) is 0 Å². The Balaban J connectivity index is 0.00000121. The first-order valence-corrected chi connectivity index (χ1v) is 10.4. The number of nitrogens with zero attached hydrogens (tertiary/aromatic N) is 5. The molecule has 0 bridgehead atoms. The van der Waals surface area contributed by atoms with Crippen LogP contribution in [0, 0.1) is 27.7 Å². The van der Waals surface area contributed by atoms with Crippen molar-refractivity contribution < 1.29 is 27.6 Å². The van der Waals surface area contributed by atoms with Gasteiger partial charge in [0, 0.05) is 40.9 Å². The van der Waals surface area contributed by atoms with Crippen LogP contribution in [0.25, 0.3) is 16.0 Å². The summed E-state index contributed by atoms with van der Waals surface area (Å²) in [6, 6.07) is 8.05. The quantitative estimate of drug-likeness (QED) is 0.244. The molecule has 2 aromatic rings. The van der Waals surface area contributed by atoms with Gasteiger partial charge in [0.05, 0.1) is 12.1 Å². The summed E-state index contributed by atoms with van der Waals surface area (Å²) >= 11 is 0. The molecule has 1 aliphatic rings. The number of benzene rings is 2. The monoisotopic (exact) mass is 472 g/mol. The summed E-state index contributed by atoms with van der Waals surface area (Å²) in [6.45, 7) is 7.86. The van der Waals surface area contributed by atoms with Gasteiger partial charge in [-0.25, -0.2) is 0 Å². The Morgan fingerprint density at radius 3 is 1.47 bits per heavy atom. The predicted octanol–water partition coefficient (Wildman–Crippen LogP) is 6.04. The van der Waals surface area contributed by atoms with Crippen LogP contribution in [0.15, 0.2) is 34.3 Å². The van der Waals surface area contributed by atoms with Crippen molar-refractivity contribution in [1.82, 2.24) is 0 Å². The van der Waals surface area contributed by atoms with Gasteiger partial charge in [0.25, 0.3) is 0 Å². The maximum Gasteiger partial charge on any atom is 0.127 e. The van der Waals surface area contributed by atoms with Crippen LogP contribution in [0.4, 0.5) is 0 Å². The topological polar surface area (TPSA) is 124 Å². The van der Waals surface area contributed by atoms with Crippen molar-refractivity contribution in [2.24, 2.45) is 9.98 Å². The Bertz CT molecular complexity index is 938. The van der Waals surface area contributed by atoms with Gasteiger partial charge in [-0.05, 0) is 74.9 Å². The molecule has 1 fully saturated rings. The van der Waals surface area contributed by atoms with E-state index in [0.717, 1.165) is 59.1 Å². The standard InChI is InChI=1S/C24H30N2O2.Cr.N3/c1-15-9-17(3)23(27)19(11-15)13-25-21-7-5-6-8-22(21)26-14-20-12-16(2)10-18(4)24(20)28;;1-3-2/h9-14,21-22,27-28H,5-8H2,1-4H3;;/q;;-1/t21-,22?;;/m1../s1. The van der Waals surface area contributed by atoms with Crippen LogP contribution in [0.2, 0.25) is 0 Å². The zero-order valence-corrected chi connectivity index (χ0v) is 20.3. The third-order valence-corrected chi connectivity index (χ3v) is 5.45. The number of aromatic hydroxyl groups is 2. The molecule has 7 nitrogen and oxygen atoms in total. The van der Waals surface area contributed by atoms with E-state index < -0.39 is 0 Å². The summed E-state index contributed by atoms with van der Waals surface area (Å²) in [6.07, 6.45) is 7.85.